The summed E-state index contributed by atoms with van der Waals surface area (Å²) < 4.78 is 5.31. The number of rotatable bonds is 5. The predicted octanol–water partition coefficient (Wildman–Crippen LogP) is 3.83. The molecule has 0 spiro atoms. The van der Waals surface area contributed by atoms with Gasteiger partial charge in [0.1, 0.15) is 11.5 Å². The Bertz CT molecular complexity index is 566. The maximum Gasteiger partial charge on any atom is 0.318 e. The molecule has 0 bridgehead atoms. The van der Waals surface area contributed by atoms with Crippen LogP contribution in [-0.2, 0) is 9.53 Å². The fourth-order valence-electron chi connectivity index (χ4n) is 3.24. The average Bonchev–Trinajstić information content (AvgIpc) is 2.55. The van der Waals surface area contributed by atoms with Gasteiger partial charge < -0.3 is 10.5 Å². The second kappa shape index (κ2) is 7.93. The third-order valence-electron chi connectivity index (χ3n) is 4.52. The van der Waals surface area contributed by atoms with E-state index < -0.39 is 17.5 Å². The third-order valence-corrected chi connectivity index (χ3v) is 4.52. The van der Waals surface area contributed by atoms with Crippen molar-refractivity contribution < 1.29 is 14.3 Å². The summed E-state index contributed by atoms with van der Waals surface area (Å²) in [6.45, 7) is 5.30. The average molecular weight is 331 g/mol. The van der Waals surface area contributed by atoms with Gasteiger partial charge in [-0.05, 0) is 45.1 Å². The summed E-state index contributed by atoms with van der Waals surface area (Å²) in [4.78, 5) is 24.8. The van der Waals surface area contributed by atoms with Crippen LogP contribution in [0, 0.1) is 5.92 Å². The molecule has 24 heavy (non-hydrogen) atoms. The first-order chi connectivity index (χ1) is 11.3. The lowest BCUT2D eigenvalue weighted by Crippen LogP contribution is -2.37. The van der Waals surface area contributed by atoms with Crippen molar-refractivity contribution in [1.82, 2.24) is 0 Å². The molecule has 2 N–H and O–H groups in total. The molecule has 4 heteroatoms. The molecule has 0 aliphatic heterocycles. The smallest absolute Gasteiger partial charge is 0.318 e. The maximum atomic E-state index is 12.6. The number of nitrogens with two attached hydrogens (primary N) is 1. The Morgan fingerprint density at radius 1 is 1.12 bits per heavy atom. The monoisotopic (exact) mass is 331 g/mol. The number of Topliss-reactive ketones (excluding diaryl/α,β-unsaturated/α-hetero) is 1. The number of benzene rings is 1. The number of carbonyl (C=O) groups is 2. The van der Waals surface area contributed by atoms with Gasteiger partial charge in [0.05, 0.1) is 0 Å². The van der Waals surface area contributed by atoms with Crippen molar-refractivity contribution in [3.63, 3.8) is 0 Å². The molecule has 0 radical (unpaired) electrons. The van der Waals surface area contributed by atoms with Crippen LogP contribution in [-0.4, -0.2) is 23.9 Å². The van der Waals surface area contributed by atoms with Gasteiger partial charge in [-0.15, -0.1) is 0 Å². The molecule has 4 nitrogen and oxygen atoms in total. The molecule has 0 aromatic heterocycles. The van der Waals surface area contributed by atoms with Crippen LogP contribution in [0.15, 0.2) is 24.3 Å². The minimum Gasteiger partial charge on any atom is -0.459 e. The highest BCUT2D eigenvalue weighted by Crippen LogP contribution is 2.32. The molecule has 132 valence electrons. The number of ketones is 1. The summed E-state index contributed by atoms with van der Waals surface area (Å²) in [5.74, 6) is -1.16. The topological polar surface area (TPSA) is 69.4 Å². The van der Waals surface area contributed by atoms with Crippen molar-refractivity contribution in [3.05, 3.63) is 35.4 Å². The molecule has 1 aromatic carbocycles. The second-order valence-electron chi connectivity index (χ2n) is 7.64. The van der Waals surface area contributed by atoms with Crippen LogP contribution in [0.3, 0.4) is 0 Å². The van der Waals surface area contributed by atoms with Crippen LogP contribution in [0.25, 0.3) is 0 Å². The van der Waals surface area contributed by atoms with Gasteiger partial charge in [-0.25, -0.2) is 0 Å². The minimum absolute atomic E-state index is 0.0435. The number of hydrogen-bond acceptors (Lipinski definition) is 4. The zero-order valence-corrected chi connectivity index (χ0v) is 15.0. The molecular weight excluding hydrogens is 302 g/mol. The molecule has 1 saturated carbocycles. The first-order valence-corrected chi connectivity index (χ1v) is 8.89. The Morgan fingerprint density at radius 3 is 2.21 bits per heavy atom. The van der Waals surface area contributed by atoms with E-state index in [1.807, 2.05) is 24.3 Å². The van der Waals surface area contributed by atoms with E-state index in [2.05, 4.69) is 0 Å². The number of ether oxygens (including phenoxy) is 1. The fraction of sp³-hybridized carbons (Fsp3) is 0.600. The number of carbonyl (C=O) groups excluding carboxylic acids is 2. The first-order valence-electron chi connectivity index (χ1n) is 8.89. The molecule has 0 amide bonds. The van der Waals surface area contributed by atoms with E-state index >= 15 is 0 Å². The van der Waals surface area contributed by atoms with Crippen molar-refractivity contribution >= 4 is 11.8 Å². The number of esters is 1. The quantitative estimate of drug-likeness (QED) is 0.506. The van der Waals surface area contributed by atoms with Crippen LogP contribution in [0.5, 0.6) is 0 Å². The Balaban J connectivity index is 2.08. The molecule has 0 heterocycles. The summed E-state index contributed by atoms with van der Waals surface area (Å²) in [7, 11) is 0. The minimum atomic E-state index is -0.940. The molecule has 1 fully saturated rings. The van der Waals surface area contributed by atoms with Gasteiger partial charge >= 0.3 is 5.97 Å². The maximum absolute atomic E-state index is 12.6. The van der Waals surface area contributed by atoms with E-state index in [1.54, 1.807) is 20.8 Å². The second-order valence-corrected chi connectivity index (χ2v) is 7.64. The fourth-order valence-corrected chi connectivity index (χ4v) is 3.24. The van der Waals surface area contributed by atoms with Gasteiger partial charge in [0.2, 0.25) is 0 Å². The molecule has 0 saturated heterocycles. The lowest BCUT2D eigenvalue weighted by Gasteiger charge is -2.23. The van der Waals surface area contributed by atoms with Crippen LogP contribution in [0.2, 0.25) is 0 Å². The molecule has 1 aliphatic carbocycles. The van der Waals surface area contributed by atoms with Crippen LogP contribution >= 0.6 is 0 Å². The highest BCUT2D eigenvalue weighted by Gasteiger charge is 2.30. The zero-order chi connectivity index (χ0) is 17.7. The van der Waals surface area contributed by atoms with Gasteiger partial charge in [-0.3, -0.25) is 9.59 Å². The molecule has 0 unspecified atom stereocenters. The highest BCUT2D eigenvalue weighted by atomic mass is 16.6. The van der Waals surface area contributed by atoms with Crippen molar-refractivity contribution in [1.29, 1.82) is 0 Å². The van der Waals surface area contributed by atoms with Crippen LogP contribution in [0.4, 0.5) is 0 Å². The molecule has 2 rings (SSSR count). The Morgan fingerprint density at radius 2 is 1.71 bits per heavy atom. The Hall–Kier alpha value is -1.68. The lowest BCUT2D eigenvalue weighted by atomic mass is 9.83. The molecule has 1 aromatic rings. The Labute approximate surface area is 144 Å². The van der Waals surface area contributed by atoms with E-state index in [0.29, 0.717) is 11.5 Å². The third kappa shape index (κ3) is 4.91. The lowest BCUT2D eigenvalue weighted by molar-refractivity contribution is -0.157. The molecule has 1 atom stereocenters. The van der Waals surface area contributed by atoms with E-state index in [-0.39, 0.29) is 12.3 Å². The highest BCUT2D eigenvalue weighted by molar-refractivity contribution is 6.08. The molecule has 1 aliphatic rings. The van der Waals surface area contributed by atoms with Crippen molar-refractivity contribution in [2.45, 2.75) is 64.4 Å². The van der Waals surface area contributed by atoms with Crippen molar-refractivity contribution in [2.24, 2.45) is 11.7 Å². The molecular formula is C20H29NO3. The van der Waals surface area contributed by atoms with Crippen LogP contribution < -0.4 is 5.73 Å². The van der Waals surface area contributed by atoms with Crippen molar-refractivity contribution in [2.75, 3.05) is 6.54 Å². The van der Waals surface area contributed by atoms with Gasteiger partial charge in [0, 0.05) is 12.1 Å². The van der Waals surface area contributed by atoms with Gasteiger partial charge in [-0.2, -0.15) is 0 Å². The summed E-state index contributed by atoms with van der Waals surface area (Å²) in [6.07, 6.45) is 6.31. The van der Waals surface area contributed by atoms with Crippen molar-refractivity contribution in [3.8, 4) is 0 Å². The summed E-state index contributed by atoms with van der Waals surface area (Å²) in [5.41, 5.74) is 6.84. The standard InChI is InChI=1S/C20H29NO3/c1-20(2,3)24-19(23)17(13-21)18(22)16-11-9-15(10-12-16)14-7-5-4-6-8-14/h9-12,14,17H,4-8,13,21H2,1-3H3/t17-/m0/s1. The summed E-state index contributed by atoms with van der Waals surface area (Å²) >= 11 is 0. The number of hydrogen-bond donors (Lipinski definition) is 1. The van der Waals surface area contributed by atoms with E-state index in [9.17, 15) is 9.59 Å². The van der Waals surface area contributed by atoms with Gasteiger partial charge in [-0.1, -0.05) is 43.5 Å². The van der Waals surface area contributed by atoms with Gasteiger partial charge in [0.25, 0.3) is 0 Å². The normalized spacial score (nSPS) is 17.3. The largest absolute Gasteiger partial charge is 0.459 e. The SMILES string of the molecule is CC(C)(C)OC(=O)[C@@H](CN)C(=O)c1ccc(C2CCCCC2)cc1. The van der Waals surface area contributed by atoms with Gasteiger partial charge in [0.15, 0.2) is 5.78 Å². The summed E-state index contributed by atoms with van der Waals surface area (Å²) in [6, 6.07) is 7.68. The summed E-state index contributed by atoms with van der Waals surface area (Å²) in [5, 5.41) is 0. The zero-order valence-electron chi connectivity index (χ0n) is 15.0. The first kappa shape index (κ1) is 18.7. The van der Waals surface area contributed by atoms with Crippen LogP contribution in [0.1, 0.15) is 74.7 Å². The predicted molar refractivity (Wildman–Crippen MR) is 95.0 cm³/mol. The Kier molecular flexibility index (Phi) is 6.16. The van der Waals surface area contributed by atoms with E-state index in [4.69, 9.17) is 10.5 Å². The van der Waals surface area contributed by atoms with E-state index in [0.717, 1.165) is 0 Å². The van der Waals surface area contributed by atoms with E-state index in [1.165, 1.54) is 37.7 Å².